The lowest BCUT2D eigenvalue weighted by Gasteiger charge is -2.52. The van der Waals surface area contributed by atoms with Gasteiger partial charge in [-0.15, -0.1) is 0 Å². The lowest BCUT2D eigenvalue weighted by atomic mass is 9.55. The molecule has 2 bridgehead atoms. The monoisotopic (exact) mass is 250 g/mol. The Balaban J connectivity index is 2.04. The molecule has 3 rings (SSSR count). The van der Waals surface area contributed by atoms with E-state index in [0.717, 1.165) is 19.3 Å². The van der Waals surface area contributed by atoms with Crippen molar-refractivity contribution in [2.45, 2.75) is 76.6 Å². The van der Waals surface area contributed by atoms with Crippen molar-refractivity contribution >= 4 is 0 Å². The van der Waals surface area contributed by atoms with Crippen molar-refractivity contribution in [2.24, 2.45) is 11.3 Å². The third kappa shape index (κ3) is 1.48. The predicted octanol–water partition coefficient (Wildman–Crippen LogP) is 3.44. The van der Waals surface area contributed by atoms with Crippen molar-refractivity contribution < 1.29 is 9.84 Å². The molecule has 1 saturated heterocycles. The van der Waals surface area contributed by atoms with Gasteiger partial charge in [-0.05, 0) is 51.9 Å². The van der Waals surface area contributed by atoms with E-state index in [4.69, 9.17) is 4.74 Å². The summed E-state index contributed by atoms with van der Waals surface area (Å²) < 4.78 is 6.51. The molecular weight excluding hydrogens is 224 g/mol. The molecule has 4 atom stereocenters. The van der Waals surface area contributed by atoms with Crippen LogP contribution in [-0.2, 0) is 4.74 Å². The maximum atomic E-state index is 10.6. The molecule has 1 N–H and O–H groups in total. The van der Waals surface area contributed by atoms with Gasteiger partial charge >= 0.3 is 0 Å². The zero-order valence-corrected chi connectivity index (χ0v) is 12.1. The van der Waals surface area contributed by atoms with E-state index in [-0.39, 0.29) is 16.6 Å². The van der Waals surface area contributed by atoms with Gasteiger partial charge in [0.1, 0.15) is 0 Å². The fourth-order valence-corrected chi connectivity index (χ4v) is 4.54. The molecule has 2 aliphatic carbocycles. The van der Waals surface area contributed by atoms with Crippen molar-refractivity contribution in [3.05, 3.63) is 12.2 Å². The summed E-state index contributed by atoms with van der Waals surface area (Å²) in [4.78, 5) is 0. The molecule has 0 radical (unpaired) electrons. The third-order valence-electron chi connectivity index (χ3n) is 6.02. The molecule has 0 aromatic rings. The van der Waals surface area contributed by atoms with Gasteiger partial charge in [0.25, 0.3) is 0 Å². The average Bonchev–Trinajstić information content (AvgIpc) is 2.51. The third-order valence-corrected chi connectivity index (χ3v) is 6.02. The van der Waals surface area contributed by atoms with Crippen LogP contribution >= 0.6 is 0 Å². The Kier molecular flexibility index (Phi) is 2.40. The first-order chi connectivity index (χ1) is 8.24. The SMILES string of the molecule is CC[C@]1(O)C=CC23C[C@@H](CC[C@]2(C)C1)C(C)(C)O3. The molecule has 2 nitrogen and oxygen atoms in total. The van der Waals surface area contributed by atoms with Gasteiger partial charge in [0.05, 0.1) is 16.8 Å². The highest BCUT2D eigenvalue weighted by Crippen LogP contribution is 2.63. The number of fused-ring (bicyclic) bond motifs is 1. The van der Waals surface area contributed by atoms with E-state index in [2.05, 4.69) is 33.8 Å². The Morgan fingerprint density at radius 3 is 2.67 bits per heavy atom. The Morgan fingerprint density at radius 2 is 2.00 bits per heavy atom. The zero-order valence-electron chi connectivity index (χ0n) is 12.1. The first-order valence-corrected chi connectivity index (χ1v) is 7.37. The number of hydrogen-bond acceptors (Lipinski definition) is 2. The molecule has 1 unspecified atom stereocenters. The summed E-state index contributed by atoms with van der Waals surface area (Å²) in [7, 11) is 0. The van der Waals surface area contributed by atoms with Gasteiger partial charge in [-0.25, -0.2) is 0 Å². The van der Waals surface area contributed by atoms with Crippen LogP contribution in [-0.4, -0.2) is 21.9 Å². The van der Waals surface area contributed by atoms with Gasteiger partial charge in [-0.1, -0.05) is 26.0 Å². The van der Waals surface area contributed by atoms with Gasteiger partial charge < -0.3 is 9.84 Å². The quantitative estimate of drug-likeness (QED) is 0.722. The molecule has 0 aromatic carbocycles. The van der Waals surface area contributed by atoms with Crippen molar-refractivity contribution in [2.75, 3.05) is 0 Å². The summed E-state index contributed by atoms with van der Waals surface area (Å²) in [6.07, 6.45) is 9.39. The summed E-state index contributed by atoms with van der Waals surface area (Å²) in [6.45, 7) is 8.84. The molecule has 1 heterocycles. The standard InChI is InChI=1S/C16H26O2/c1-5-15(17)8-9-16-10-12(13(2,3)18-16)6-7-14(16,4)11-15/h8-9,12,17H,5-7,10-11H2,1-4H3/t12-,14-,15+,16?/m1/s1. The Labute approximate surface area is 110 Å². The average molecular weight is 250 g/mol. The molecule has 2 heteroatoms. The lowest BCUT2D eigenvalue weighted by molar-refractivity contribution is -0.145. The highest BCUT2D eigenvalue weighted by atomic mass is 16.5. The minimum absolute atomic E-state index is 0.0101. The molecule has 0 amide bonds. The molecule has 1 spiro atoms. The van der Waals surface area contributed by atoms with Crippen molar-refractivity contribution in [1.82, 2.24) is 0 Å². The second-order valence-corrected chi connectivity index (χ2v) is 7.56. The number of aliphatic hydroxyl groups is 1. The fourth-order valence-electron chi connectivity index (χ4n) is 4.54. The summed E-state index contributed by atoms with van der Waals surface area (Å²) in [5.74, 6) is 0.669. The minimum atomic E-state index is -0.622. The Hall–Kier alpha value is -0.340. The second-order valence-electron chi connectivity index (χ2n) is 7.56. The van der Waals surface area contributed by atoms with E-state index in [1.165, 1.54) is 12.8 Å². The predicted molar refractivity (Wildman–Crippen MR) is 72.3 cm³/mol. The first kappa shape index (κ1) is 12.7. The normalized spacial score (nSPS) is 53.3. The van der Waals surface area contributed by atoms with E-state index in [1.54, 1.807) is 0 Å². The van der Waals surface area contributed by atoms with Gasteiger partial charge in [0.15, 0.2) is 0 Å². The molecule has 18 heavy (non-hydrogen) atoms. The highest BCUT2D eigenvalue weighted by Gasteiger charge is 2.63. The van der Waals surface area contributed by atoms with Crippen LogP contribution in [0.1, 0.15) is 59.8 Å². The molecule has 0 aromatic heterocycles. The lowest BCUT2D eigenvalue weighted by Crippen LogP contribution is -2.54. The van der Waals surface area contributed by atoms with Gasteiger partial charge in [0.2, 0.25) is 0 Å². The van der Waals surface area contributed by atoms with E-state index >= 15 is 0 Å². The first-order valence-electron chi connectivity index (χ1n) is 7.37. The largest absolute Gasteiger partial charge is 0.386 e. The molecule has 1 aliphatic heterocycles. The van der Waals surface area contributed by atoms with Crippen LogP contribution in [0, 0.1) is 11.3 Å². The Bertz CT molecular complexity index is 400. The summed E-state index contributed by atoms with van der Waals surface area (Å²) in [5, 5.41) is 10.6. The molecule has 2 fully saturated rings. The molecule has 1 saturated carbocycles. The summed E-state index contributed by atoms with van der Waals surface area (Å²) in [5.41, 5.74) is -0.662. The van der Waals surface area contributed by atoms with Crippen LogP contribution in [0.5, 0.6) is 0 Å². The molecule has 3 aliphatic rings. The van der Waals surface area contributed by atoms with Crippen LogP contribution < -0.4 is 0 Å². The van der Waals surface area contributed by atoms with Crippen molar-refractivity contribution in [3.63, 3.8) is 0 Å². The number of ether oxygens (including phenoxy) is 1. The molecule has 102 valence electrons. The van der Waals surface area contributed by atoms with Crippen LogP contribution in [0.15, 0.2) is 12.2 Å². The summed E-state index contributed by atoms with van der Waals surface area (Å²) in [6, 6.07) is 0. The maximum absolute atomic E-state index is 10.6. The second kappa shape index (κ2) is 3.40. The highest BCUT2D eigenvalue weighted by molar-refractivity contribution is 5.27. The smallest absolute Gasteiger partial charge is 0.0929 e. The molecular formula is C16H26O2. The van der Waals surface area contributed by atoms with Crippen LogP contribution in [0.4, 0.5) is 0 Å². The van der Waals surface area contributed by atoms with E-state index in [0.29, 0.717) is 5.92 Å². The Morgan fingerprint density at radius 1 is 1.28 bits per heavy atom. The van der Waals surface area contributed by atoms with E-state index in [1.807, 2.05) is 6.08 Å². The van der Waals surface area contributed by atoms with Gasteiger partial charge in [0, 0.05) is 5.41 Å². The van der Waals surface area contributed by atoms with Crippen LogP contribution in [0.25, 0.3) is 0 Å². The van der Waals surface area contributed by atoms with Crippen LogP contribution in [0.3, 0.4) is 0 Å². The van der Waals surface area contributed by atoms with Gasteiger partial charge in [-0.2, -0.15) is 0 Å². The fraction of sp³-hybridized carbons (Fsp3) is 0.875. The van der Waals surface area contributed by atoms with E-state index in [9.17, 15) is 5.11 Å². The number of rotatable bonds is 1. The minimum Gasteiger partial charge on any atom is -0.386 e. The van der Waals surface area contributed by atoms with Crippen molar-refractivity contribution in [3.8, 4) is 0 Å². The summed E-state index contributed by atoms with van der Waals surface area (Å²) >= 11 is 0. The van der Waals surface area contributed by atoms with Crippen molar-refractivity contribution in [1.29, 1.82) is 0 Å². The van der Waals surface area contributed by atoms with E-state index < -0.39 is 5.60 Å². The zero-order chi connectivity index (χ0) is 13.2. The van der Waals surface area contributed by atoms with Gasteiger partial charge in [-0.3, -0.25) is 0 Å². The topological polar surface area (TPSA) is 29.5 Å². The van der Waals surface area contributed by atoms with Crippen LogP contribution in [0.2, 0.25) is 0 Å². The number of hydrogen-bond donors (Lipinski definition) is 1. The maximum Gasteiger partial charge on any atom is 0.0929 e.